The Bertz CT molecular complexity index is 520. The van der Waals surface area contributed by atoms with Crippen LogP contribution in [-0.2, 0) is 26.5 Å². The monoisotopic (exact) mass is 275 g/mol. The molecule has 0 aliphatic carbocycles. The molecule has 2 aliphatic heterocycles. The van der Waals surface area contributed by atoms with Crippen molar-refractivity contribution in [2.75, 3.05) is 25.2 Å². The highest BCUT2D eigenvalue weighted by Crippen LogP contribution is 2.44. The predicted octanol–water partition coefficient (Wildman–Crippen LogP) is 2.60. The Balaban J connectivity index is 2.01. The van der Waals surface area contributed by atoms with E-state index >= 15 is 0 Å². The fraction of sp³-hybridized carbons (Fsp3) is 0.562. The topological polar surface area (TPSA) is 38.8 Å². The first-order chi connectivity index (χ1) is 9.69. The van der Waals surface area contributed by atoms with Crippen molar-refractivity contribution in [3.05, 3.63) is 29.3 Å². The van der Waals surface area contributed by atoms with Gasteiger partial charge in [-0.3, -0.25) is 4.79 Å². The summed E-state index contributed by atoms with van der Waals surface area (Å²) in [6, 6.07) is 6.19. The van der Waals surface area contributed by atoms with Gasteiger partial charge in [0.15, 0.2) is 0 Å². The lowest BCUT2D eigenvalue weighted by Gasteiger charge is -2.32. The highest BCUT2D eigenvalue weighted by molar-refractivity contribution is 6.05. The molecular formula is C16H21NO3. The van der Waals surface area contributed by atoms with Crippen LogP contribution in [0.2, 0.25) is 0 Å². The van der Waals surface area contributed by atoms with Gasteiger partial charge >= 0.3 is 0 Å². The molecule has 0 saturated carbocycles. The highest BCUT2D eigenvalue weighted by atomic mass is 16.7. The lowest BCUT2D eigenvalue weighted by molar-refractivity contribution is -0.256. The fourth-order valence-corrected chi connectivity index (χ4v) is 2.93. The summed E-state index contributed by atoms with van der Waals surface area (Å²) in [5.41, 5.74) is 3.02. The van der Waals surface area contributed by atoms with Crippen LogP contribution < -0.4 is 4.90 Å². The van der Waals surface area contributed by atoms with E-state index in [2.05, 4.69) is 19.1 Å². The third-order valence-corrected chi connectivity index (χ3v) is 4.08. The van der Waals surface area contributed by atoms with E-state index in [0.717, 1.165) is 36.9 Å². The molecule has 4 heteroatoms. The smallest absolute Gasteiger partial charge is 0.292 e. The molecule has 2 aliphatic rings. The minimum atomic E-state index is -1.19. The standard InChI is InChI=1S/C16H21NO3/c1-3-4-6-12-7-8-14-13(11-12)16(15(18)17(14)2)19-9-5-10-20-16/h7-8,11H,3-6,9-10H2,1-2H3. The highest BCUT2D eigenvalue weighted by Gasteiger charge is 2.53. The van der Waals surface area contributed by atoms with Crippen LogP contribution in [0.1, 0.15) is 37.3 Å². The summed E-state index contributed by atoms with van der Waals surface area (Å²) >= 11 is 0. The van der Waals surface area contributed by atoms with Crippen LogP contribution in [0.4, 0.5) is 5.69 Å². The number of anilines is 1. The second kappa shape index (κ2) is 5.19. The van der Waals surface area contributed by atoms with Crippen molar-refractivity contribution in [2.45, 2.75) is 38.4 Å². The van der Waals surface area contributed by atoms with Gasteiger partial charge in [0.25, 0.3) is 11.7 Å². The van der Waals surface area contributed by atoms with Crippen molar-refractivity contribution in [3.63, 3.8) is 0 Å². The molecule has 2 heterocycles. The Hall–Kier alpha value is -1.39. The van der Waals surface area contributed by atoms with E-state index in [1.54, 1.807) is 11.9 Å². The number of carbonyl (C=O) groups is 1. The van der Waals surface area contributed by atoms with Gasteiger partial charge in [0.2, 0.25) is 0 Å². The summed E-state index contributed by atoms with van der Waals surface area (Å²) < 4.78 is 11.6. The maximum Gasteiger partial charge on any atom is 0.292 e. The maximum atomic E-state index is 12.5. The number of amides is 1. The minimum absolute atomic E-state index is 0.111. The number of carbonyl (C=O) groups excluding carboxylic acids is 1. The molecule has 20 heavy (non-hydrogen) atoms. The maximum absolute atomic E-state index is 12.5. The number of likely N-dealkylation sites (N-methyl/N-ethyl adjacent to an activating group) is 1. The molecule has 1 saturated heterocycles. The van der Waals surface area contributed by atoms with Crippen molar-refractivity contribution in [1.82, 2.24) is 0 Å². The van der Waals surface area contributed by atoms with Crippen LogP contribution in [0.15, 0.2) is 18.2 Å². The molecule has 1 spiro atoms. The van der Waals surface area contributed by atoms with Crippen molar-refractivity contribution in [3.8, 4) is 0 Å². The number of aryl methyl sites for hydroxylation is 1. The van der Waals surface area contributed by atoms with Crippen molar-refractivity contribution >= 4 is 11.6 Å². The van der Waals surface area contributed by atoms with Gasteiger partial charge in [-0.25, -0.2) is 0 Å². The van der Waals surface area contributed by atoms with Crippen LogP contribution in [0.3, 0.4) is 0 Å². The first-order valence-electron chi connectivity index (χ1n) is 7.38. The van der Waals surface area contributed by atoms with E-state index in [1.165, 1.54) is 5.56 Å². The third kappa shape index (κ3) is 1.95. The van der Waals surface area contributed by atoms with Crippen LogP contribution >= 0.6 is 0 Å². The summed E-state index contributed by atoms with van der Waals surface area (Å²) in [6.07, 6.45) is 4.17. The molecule has 4 nitrogen and oxygen atoms in total. The molecule has 1 aromatic rings. The molecule has 0 aromatic heterocycles. The summed E-state index contributed by atoms with van der Waals surface area (Å²) in [7, 11) is 1.78. The van der Waals surface area contributed by atoms with Crippen LogP contribution in [0, 0.1) is 0 Å². The molecule has 0 N–H and O–H groups in total. The molecule has 1 aromatic carbocycles. The average Bonchev–Trinajstić information content (AvgIpc) is 2.69. The molecule has 3 rings (SSSR count). The number of hydrogen-bond donors (Lipinski definition) is 0. The summed E-state index contributed by atoms with van der Waals surface area (Å²) in [4.78, 5) is 14.2. The average molecular weight is 275 g/mol. The van der Waals surface area contributed by atoms with Crippen molar-refractivity contribution < 1.29 is 14.3 Å². The van der Waals surface area contributed by atoms with Gasteiger partial charge < -0.3 is 14.4 Å². The lowest BCUT2D eigenvalue weighted by atomic mass is 10.00. The fourth-order valence-electron chi connectivity index (χ4n) is 2.93. The zero-order valence-corrected chi connectivity index (χ0v) is 12.1. The van der Waals surface area contributed by atoms with Gasteiger partial charge in [0, 0.05) is 12.6 Å². The zero-order chi connectivity index (χ0) is 14.2. The van der Waals surface area contributed by atoms with E-state index < -0.39 is 5.79 Å². The summed E-state index contributed by atoms with van der Waals surface area (Å²) in [5, 5.41) is 0. The van der Waals surface area contributed by atoms with Crippen molar-refractivity contribution in [2.24, 2.45) is 0 Å². The van der Waals surface area contributed by atoms with Crippen LogP contribution in [-0.4, -0.2) is 26.2 Å². The van der Waals surface area contributed by atoms with Crippen molar-refractivity contribution in [1.29, 1.82) is 0 Å². The number of ether oxygens (including phenoxy) is 2. The number of benzene rings is 1. The molecule has 0 atom stereocenters. The number of nitrogens with zero attached hydrogens (tertiary/aromatic N) is 1. The van der Waals surface area contributed by atoms with Gasteiger partial charge in [-0.2, -0.15) is 0 Å². The van der Waals surface area contributed by atoms with Gasteiger partial charge in [-0.15, -0.1) is 0 Å². The largest absolute Gasteiger partial charge is 0.338 e. The molecule has 108 valence electrons. The Labute approximate surface area is 119 Å². The van der Waals surface area contributed by atoms with Gasteiger partial charge in [-0.05, 0) is 37.0 Å². The second-order valence-electron chi connectivity index (χ2n) is 5.49. The number of hydrogen-bond acceptors (Lipinski definition) is 3. The van der Waals surface area contributed by atoms with E-state index in [9.17, 15) is 4.79 Å². The predicted molar refractivity (Wildman–Crippen MR) is 76.7 cm³/mol. The first-order valence-corrected chi connectivity index (χ1v) is 7.38. The molecule has 0 radical (unpaired) electrons. The first kappa shape index (κ1) is 13.6. The van der Waals surface area contributed by atoms with Gasteiger partial charge in [-0.1, -0.05) is 19.4 Å². The van der Waals surface area contributed by atoms with E-state index in [4.69, 9.17) is 9.47 Å². The molecule has 1 fully saturated rings. The minimum Gasteiger partial charge on any atom is -0.338 e. The van der Waals surface area contributed by atoms with Crippen LogP contribution in [0.25, 0.3) is 0 Å². The van der Waals surface area contributed by atoms with Gasteiger partial charge in [0.05, 0.1) is 18.9 Å². The number of fused-ring (bicyclic) bond motifs is 2. The molecule has 0 unspecified atom stereocenters. The summed E-state index contributed by atoms with van der Waals surface area (Å²) in [6.45, 7) is 3.32. The van der Waals surface area contributed by atoms with E-state index in [-0.39, 0.29) is 5.91 Å². The normalized spacial score (nSPS) is 20.5. The molecule has 1 amide bonds. The molecule has 0 bridgehead atoms. The third-order valence-electron chi connectivity index (χ3n) is 4.08. The summed E-state index contributed by atoms with van der Waals surface area (Å²) in [5.74, 6) is -1.30. The lowest BCUT2D eigenvalue weighted by Crippen LogP contribution is -2.46. The number of unbranched alkanes of at least 4 members (excludes halogenated alkanes) is 1. The Morgan fingerprint density at radius 2 is 2.05 bits per heavy atom. The molecular weight excluding hydrogens is 254 g/mol. The Morgan fingerprint density at radius 1 is 1.30 bits per heavy atom. The van der Waals surface area contributed by atoms with E-state index in [1.807, 2.05) is 6.07 Å². The number of rotatable bonds is 3. The quantitative estimate of drug-likeness (QED) is 0.851. The second-order valence-corrected chi connectivity index (χ2v) is 5.49. The SMILES string of the molecule is CCCCc1ccc2c(c1)C1(OCCCO1)C(=O)N2C. The zero-order valence-electron chi connectivity index (χ0n) is 12.1. The van der Waals surface area contributed by atoms with Crippen LogP contribution in [0.5, 0.6) is 0 Å². The van der Waals surface area contributed by atoms with Gasteiger partial charge in [0.1, 0.15) is 0 Å². The Morgan fingerprint density at radius 3 is 2.75 bits per heavy atom. The Kier molecular flexibility index (Phi) is 3.52. The van der Waals surface area contributed by atoms with E-state index in [0.29, 0.717) is 13.2 Å².